The van der Waals surface area contributed by atoms with Crippen LogP contribution in [-0.2, 0) is 4.79 Å². The van der Waals surface area contributed by atoms with Crippen molar-refractivity contribution in [1.29, 1.82) is 0 Å². The van der Waals surface area contributed by atoms with Crippen molar-refractivity contribution in [1.82, 2.24) is 10.2 Å². The molecule has 3 aromatic rings. The minimum Gasteiger partial charge on any atom is -0.411 e. The summed E-state index contributed by atoms with van der Waals surface area (Å²) in [5.74, 6) is -0.306. The van der Waals surface area contributed by atoms with Gasteiger partial charge in [-0.1, -0.05) is 35.0 Å². The molecule has 0 aliphatic carbocycles. The molecule has 0 atom stereocenters. The van der Waals surface area contributed by atoms with Gasteiger partial charge in [0.05, 0.1) is 5.75 Å². The lowest BCUT2D eigenvalue weighted by molar-refractivity contribution is -0.113. The highest BCUT2D eigenvalue weighted by atomic mass is 35.5. The Kier molecular flexibility index (Phi) is 5.57. The fourth-order valence-electron chi connectivity index (χ4n) is 1.93. The second kappa shape index (κ2) is 7.86. The highest BCUT2D eigenvalue weighted by Crippen LogP contribution is 2.25. The SMILES string of the molecule is O=C(CSc1nnc(-c2ccc(F)cc2)o1)Nc1cc(Cl)cc(Cl)c1. The number of nitrogens with one attached hydrogen (secondary N) is 1. The lowest BCUT2D eigenvalue weighted by Crippen LogP contribution is -2.13. The van der Waals surface area contributed by atoms with Crippen LogP contribution >= 0.6 is 35.0 Å². The predicted molar refractivity (Wildman–Crippen MR) is 95.5 cm³/mol. The lowest BCUT2D eigenvalue weighted by atomic mass is 10.2. The Bertz CT molecular complexity index is 882. The van der Waals surface area contributed by atoms with Crippen molar-refractivity contribution in [3.05, 3.63) is 58.3 Å². The van der Waals surface area contributed by atoms with Crippen molar-refractivity contribution < 1.29 is 13.6 Å². The molecule has 1 N–H and O–H groups in total. The number of thioether (sulfide) groups is 1. The van der Waals surface area contributed by atoms with Crippen molar-refractivity contribution in [2.24, 2.45) is 0 Å². The van der Waals surface area contributed by atoms with Gasteiger partial charge in [0.25, 0.3) is 5.22 Å². The molecule has 3 rings (SSSR count). The fraction of sp³-hybridized carbons (Fsp3) is 0.0625. The van der Waals surface area contributed by atoms with Gasteiger partial charge in [-0.3, -0.25) is 4.79 Å². The molecule has 0 radical (unpaired) electrons. The van der Waals surface area contributed by atoms with Gasteiger partial charge in [-0.05, 0) is 42.5 Å². The van der Waals surface area contributed by atoms with Crippen LogP contribution in [0.3, 0.4) is 0 Å². The fourth-order valence-corrected chi connectivity index (χ4v) is 3.02. The van der Waals surface area contributed by atoms with Crippen LogP contribution < -0.4 is 5.32 Å². The normalized spacial score (nSPS) is 10.7. The van der Waals surface area contributed by atoms with Gasteiger partial charge in [-0.2, -0.15) is 0 Å². The number of anilines is 1. The summed E-state index contributed by atoms with van der Waals surface area (Å²) < 4.78 is 18.4. The van der Waals surface area contributed by atoms with Crippen LogP contribution in [0.15, 0.2) is 52.1 Å². The molecule has 5 nitrogen and oxygen atoms in total. The summed E-state index contributed by atoms with van der Waals surface area (Å²) in [7, 11) is 0. The zero-order valence-corrected chi connectivity index (χ0v) is 14.8. The number of benzene rings is 2. The average Bonchev–Trinajstić information content (AvgIpc) is 3.01. The highest BCUT2D eigenvalue weighted by molar-refractivity contribution is 7.99. The molecular formula is C16H10Cl2FN3O2S. The molecule has 0 unspecified atom stereocenters. The van der Waals surface area contributed by atoms with Gasteiger partial charge in [0.15, 0.2) is 0 Å². The van der Waals surface area contributed by atoms with Gasteiger partial charge in [0, 0.05) is 21.3 Å². The van der Waals surface area contributed by atoms with E-state index < -0.39 is 0 Å². The first-order chi connectivity index (χ1) is 12.0. The largest absolute Gasteiger partial charge is 0.411 e. The Labute approximate surface area is 156 Å². The van der Waals surface area contributed by atoms with Gasteiger partial charge in [0.1, 0.15) is 5.82 Å². The molecule has 0 spiro atoms. The topological polar surface area (TPSA) is 68.0 Å². The number of hydrogen-bond donors (Lipinski definition) is 1. The number of halogens is 3. The number of hydrogen-bond acceptors (Lipinski definition) is 5. The molecule has 0 saturated heterocycles. The number of aromatic nitrogens is 2. The molecule has 0 saturated carbocycles. The van der Waals surface area contributed by atoms with Gasteiger partial charge in [-0.25, -0.2) is 4.39 Å². The van der Waals surface area contributed by atoms with E-state index >= 15 is 0 Å². The minimum absolute atomic E-state index is 0.0647. The van der Waals surface area contributed by atoms with Crippen LogP contribution in [0.25, 0.3) is 11.5 Å². The quantitative estimate of drug-likeness (QED) is 0.619. The van der Waals surface area contributed by atoms with E-state index in [9.17, 15) is 9.18 Å². The van der Waals surface area contributed by atoms with Crippen LogP contribution in [0.5, 0.6) is 0 Å². The minimum atomic E-state index is -0.351. The van der Waals surface area contributed by atoms with Crippen LogP contribution in [-0.4, -0.2) is 21.9 Å². The lowest BCUT2D eigenvalue weighted by Gasteiger charge is -2.05. The summed E-state index contributed by atoms with van der Waals surface area (Å²) in [6, 6.07) is 10.4. The number of amides is 1. The maximum absolute atomic E-state index is 12.9. The van der Waals surface area contributed by atoms with E-state index in [1.54, 1.807) is 18.2 Å². The van der Waals surface area contributed by atoms with E-state index in [0.717, 1.165) is 11.8 Å². The Morgan fingerprint density at radius 2 is 1.80 bits per heavy atom. The summed E-state index contributed by atoms with van der Waals surface area (Å²) in [6.07, 6.45) is 0. The van der Waals surface area contributed by atoms with Crippen LogP contribution in [0.1, 0.15) is 0 Å². The maximum atomic E-state index is 12.9. The maximum Gasteiger partial charge on any atom is 0.277 e. The smallest absolute Gasteiger partial charge is 0.277 e. The van der Waals surface area contributed by atoms with Gasteiger partial charge < -0.3 is 9.73 Å². The number of carbonyl (C=O) groups is 1. The molecule has 0 aliphatic rings. The van der Waals surface area contributed by atoms with Gasteiger partial charge >= 0.3 is 0 Å². The third-order valence-electron chi connectivity index (χ3n) is 2.97. The van der Waals surface area contributed by atoms with Crippen LogP contribution in [0.2, 0.25) is 10.0 Å². The highest BCUT2D eigenvalue weighted by Gasteiger charge is 2.12. The number of carbonyl (C=O) groups excluding carboxylic acids is 1. The second-order valence-corrected chi connectivity index (χ2v) is 6.67. The molecule has 9 heteroatoms. The standard InChI is InChI=1S/C16H10Cl2FN3O2S/c17-10-5-11(18)7-13(6-10)20-14(23)8-25-16-22-21-15(24-16)9-1-3-12(19)4-2-9/h1-7H,8H2,(H,20,23). The Morgan fingerprint density at radius 3 is 2.48 bits per heavy atom. The third-order valence-corrected chi connectivity index (χ3v) is 4.23. The molecule has 25 heavy (non-hydrogen) atoms. The zero-order valence-electron chi connectivity index (χ0n) is 12.5. The van der Waals surface area contributed by atoms with E-state index in [-0.39, 0.29) is 28.6 Å². The van der Waals surface area contributed by atoms with E-state index in [1.807, 2.05) is 0 Å². The van der Waals surface area contributed by atoms with Crippen molar-refractivity contribution >= 4 is 46.6 Å². The molecule has 1 amide bonds. The summed E-state index contributed by atoms with van der Waals surface area (Å²) in [5, 5.41) is 11.5. The molecule has 1 aromatic heterocycles. The molecule has 0 aliphatic heterocycles. The van der Waals surface area contributed by atoms with Crippen molar-refractivity contribution in [2.75, 3.05) is 11.1 Å². The Balaban J connectivity index is 1.58. The molecule has 0 fully saturated rings. The van der Waals surface area contributed by atoms with Crippen molar-refractivity contribution in [3.63, 3.8) is 0 Å². The molecule has 2 aromatic carbocycles. The first kappa shape index (κ1) is 17.7. The number of rotatable bonds is 5. The second-order valence-electron chi connectivity index (χ2n) is 4.87. The summed E-state index contributed by atoms with van der Waals surface area (Å²) in [5.41, 5.74) is 1.10. The third kappa shape index (κ3) is 4.94. The zero-order chi connectivity index (χ0) is 17.8. The van der Waals surface area contributed by atoms with Crippen molar-refractivity contribution in [3.8, 4) is 11.5 Å². The summed E-state index contributed by atoms with van der Waals surface area (Å²) in [4.78, 5) is 12.0. The predicted octanol–water partition coefficient (Wildman–Crippen LogP) is 4.91. The summed E-state index contributed by atoms with van der Waals surface area (Å²) in [6.45, 7) is 0. The van der Waals surface area contributed by atoms with Crippen LogP contribution in [0, 0.1) is 5.82 Å². The van der Waals surface area contributed by atoms with E-state index in [4.69, 9.17) is 27.6 Å². The van der Waals surface area contributed by atoms with E-state index in [1.165, 1.54) is 24.3 Å². The summed E-state index contributed by atoms with van der Waals surface area (Å²) >= 11 is 12.8. The van der Waals surface area contributed by atoms with Gasteiger partial charge in [0.2, 0.25) is 11.8 Å². The monoisotopic (exact) mass is 397 g/mol. The molecule has 128 valence electrons. The molecule has 0 bridgehead atoms. The molecular weight excluding hydrogens is 388 g/mol. The van der Waals surface area contributed by atoms with Gasteiger partial charge in [-0.15, -0.1) is 10.2 Å². The Morgan fingerprint density at radius 1 is 1.12 bits per heavy atom. The van der Waals surface area contributed by atoms with Crippen molar-refractivity contribution in [2.45, 2.75) is 5.22 Å². The number of nitrogens with zero attached hydrogens (tertiary/aromatic N) is 2. The first-order valence-corrected chi connectivity index (χ1v) is 8.72. The van der Waals surface area contributed by atoms with E-state index in [2.05, 4.69) is 15.5 Å². The van der Waals surface area contributed by atoms with E-state index in [0.29, 0.717) is 21.3 Å². The average molecular weight is 398 g/mol. The first-order valence-electron chi connectivity index (χ1n) is 6.98. The van der Waals surface area contributed by atoms with Crippen LogP contribution in [0.4, 0.5) is 10.1 Å². The molecule has 1 heterocycles. The Hall–Kier alpha value is -2.09.